The van der Waals surface area contributed by atoms with Gasteiger partial charge < -0.3 is 11.5 Å². The Kier molecular flexibility index (Phi) is 15.1. The molecule has 0 aromatic heterocycles. The van der Waals surface area contributed by atoms with Crippen molar-refractivity contribution < 1.29 is 9.59 Å². The molecule has 4 heteroatoms. The third kappa shape index (κ3) is 14.3. The highest BCUT2D eigenvalue weighted by Gasteiger charge is 2.20. The average molecular weight is 327 g/mol. The molecular formula is C19H38N2O2. The minimum atomic E-state index is -0.785. The molecular weight excluding hydrogens is 288 g/mol. The summed E-state index contributed by atoms with van der Waals surface area (Å²) in [6.45, 7) is 2.26. The van der Waals surface area contributed by atoms with Crippen LogP contribution >= 0.6 is 0 Å². The molecule has 0 atom stereocenters. The van der Waals surface area contributed by atoms with Crippen molar-refractivity contribution in [3.63, 3.8) is 0 Å². The minimum absolute atomic E-state index is 0.503. The van der Waals surface area contributed by atoms with E-state index in [9.17, 15) is 9.59 Å². The lowest BCUT2D eigenvalue weighted by molar-refractivity contribution is -0.131. The van der Waals surface area contributed by atoms with Gasteiger partial charge in [-0.05, 0) is 6.42 Å². The van der Waals surface area contributed by atoms with E-state index in [4.69, 9.17) is 11.5 Å². The lowest BCUT2D eigenvalue weighted by atomic mass is 9.99. The van der Waals surface area contributed by atoms with Gasteiger partial charge in [0.1, 0.15) is 5.92 Å². The van der Waals surface area contributed by atoms with Gasteiger partial charge in [0, 0.05) is 0 Å². The summed E-state index contributed by atoms with van der Waals surface area (Å²) < 4.78 is 0. The van der Waals surface area contributed by atoms with Crippen molar-refractivity contribution >= 4 is 11.8 Å². The van der Waals surface area contributed by atoms with Gasteiger partial charge in [0.25, 0.3) is 0 Å². The van der Waals surface area contributed by atoms with Crippen LogP contribution in [0.3, 0.4) is 0 Å². The first-order valence-electron chi connectivity index (χ1n) is 9.68. The van der Waals surface area contributed by atoms with Crippen molar-refractivity contribution in [2.24, 2.45) is 17.4 Å². The molecule has 0 saturated carbocycles. The number of carbonyl (C=O) groups is 2. The van der Waals surface area contributed by atoms with E-state index in [0.29, 0.717) is 6.42 Å². The van der Waals surface area contributed by atoms with E-state index < -0.39 is 17.7 Å². The zero-order chi connectivity index (χ0) is 17.3. The molecule has 0 saturated heterocycles. The van der Waals surface area contributed by atoms with Gasteiger partial charge in [0.05, 0.1) is 0 Å². The summed E-state index contributed by atoms with van der Waals surface area (Å²) in [5.74, 6) is -1.97. The predicted octanol–water partition coefficient (Wildman–Crippen LogP) is 4.44. The quantitative estimate of drug-likeness (QED) is 0.306. The zero-order valence-corrected chi connectivity index (χ0v) is 15.2. The Labute approximate surface area is 142 Å². The van der Waals surface area contributed by atoms with E-state index in [1.807, 2.05) is 0 Å². The fourth-order valence-electron chi connectivity index (χ4n) is 2.97. The highest BCUT2D eigenvalue weighted by atomic mass is 16.2. The van der Waals surface area contributed by atoms with E-state index in [1.165, 1.54) is 77.0 Å². The van der Waals surface area contributed by atoms with E-state index in [0.717, 1.165) is 12.8 Å². The zero-order valence-electron chi connectivity index (χ0n) is 15.2. The number of hydrogen-bond donors (Lipinski definition) is 2. The van der Waals surface area contributed by atoms with Gasteiger partial charge in [-0.15, -0.1) is 0 Å². The van der Waals surface area contributed by atoms with Gasteiger partial charge in [0.2, 0.25) is 11.8 Å². The molecule has 0 fully saturated rings. The summed E-state index contributed by atoms with van der Waals surface area (Å²) in [6, 6.07) is 0. The lowest BCUT2D eigenvalue weighted by Gasteiger charge is -2.08. The molecule has 136 valence electrons. The SMILES string of the molecule is CCCCCCCCCCCCCCCCC(C(N)=O)C(N)=O. The second kappa shape index (κ2) is 15.8. The van der Waals surface area contributed by atoms with Gasteiger partial charge in [0.15, 0.2) is 0 Å². The molecule has 23 heavy (non-hydrogen) atoms. The Bertz CT molecular complexity index is 292. The topological polar surface area (TPSA) is 86.2 Å². The number of amides is 2. The number of unbranched alkanes of at least 4 members (excludes halogenated alkanes) is 13. The van der Waals surface area contributed by atoms with Crippen LogP contribution in [0, 0.1) is 5.92 Å². The van der Waals surface area contributed by atoms with Gasteiger partial charge in [-0.25, -0.2) is 0 Å². The van der Waals surface area contributed by atoms with Crippen LogP contribution < -0.4 is 11.5 Å². The summed E-state index contributed by atoms with van der Waals surface area (Å²) in [5.41, 5.74) is 10.3. The van der Waals surface area contributed by atoms with Crippen LogP contribution in [0.25, 0.3) is 0 Å². The van der Waals surface area contributed by atoms with Crippen LogP contribution in [0.15, 0.2) is 0 Å². The van der Waals surface area contributed by atoms with Crippen LogP contribution in [0.4, 0.5) is 0 Å². The smallest absolute Gasteiger partial charge is 0.229 e. The molecule has 0 rings (SSSR count). The number of rotatable bonds is 17. The average Bonchev–Trinajstić information content (AvgIpc) is 2.50. The molecule has 0 radical (unpaired) electrons. The van der Waals surface area contributed by atoms with Crippen LogP contribution in [0.5, 0.6) is 0 Å². The largest absolute Gasteiger partial charge is 0.369 e. The van der Waals surface area contributed by atoms with Crippen molar-refractivity contribution in [2.75, 3.05) is 0 Å². The Morgan fingerprint density at radius 1 is 0.609 bits per heavy atom. The summed E-state index contributed by atoms with van der Waals surface area (Å²) in [4.78, 5) is 22.1. The summed E-state index contributed by atoms with van der Waals surface area (Å²) in [5, 5.41) is 0. The number of primary amides is 2. The van der Waals surface area contributed by atoms with Crippen molar-refractivity contribution in [3.05, 3.63) is 0 Å². The molecule has 0 aliphatic rings. The molecule has 4 nitrogen and oxygen atoms in total. The number of carbonyl (C=O) groups excluding carboxylic acids is 2. The fourth-order valence-corrected chi connectivity index (χ4v) is 2.97. The monoisotopic (exact) mass is 326 g/mol. The van der Waals surface area contributed by atoms with Gasteiger partial charge in [-0.2, -0.15) is 0 Å². The number of nitrogens with two attached hydrogens (primary N) is 2. The van der Waals surface area contributed by atoms with Gasteiger partial charge in [-0.1, -0.05) is 96.8 Å². The Morgan fingerprint density at radius 3 is 1.22 bits per heavy atom. The lowest BCUT2D eigenvalue weighted by Crippen LogP contribution is -2.34. The van der Waals surface area contributed by atoms with Crippen molar-refractivity contribution in [1.82, 2.24) is 0 Å². The van der Waals surface area contributed by atoms with Crippen LogP contribution in [-0.4, -0.2) is 11.8 Å². The van der Waals surface area contributed by atoms with Crippen molar-refractivity contribution in [3.8, 4) is 0 Å². The Hall–Kier alpha value is -1.06. The van der Waals surface area contributed by atoms with Crippen LogP contribution in [0.1, 0.15) is 103 Å². The maximum atomic E-state index is 11.0. The molecule has 0 unspecified atom stereocenters. The molecule has 0 aliphatic carbocycles. The van der Waals surface area contributed by atoms with Gasteiger partial charge in [-0.3, -0.25) is 9.59 Å². The molecule has 0 aromatic rings. The highest BCUT2D eigenvalue weighted by molar-refractivity contribution is 5.98. The second-order valence-corrected chi connectivity index (χ2v) is 6.74. The van der Waals surface area contributed by atoms with Crippen LogP contribution in [-0.2, 0) is 9.59 Å². The standard InChI is InChI=1S/C19H38N2O2/c1-2-3-4-5-6-7-8-9-10-11-12-13-14-15-16-17(18(20)22)19(21)23/h17H,2-16H2,1H3,(H2,20,22)(H2,21,23). The van der Waals surface area contributed by atoms with Crippen molar-refractivity contribution in [1.29, 1.82) is 0 Å². The third-order valence-electron chi connectivity index (χ3n) is 4.53. The fraction of sp³-hybridized carbons (Fsp3) is 0.895. The van der Waals surface area contributed by atoms with Crippen molar-refractivity contribution in [2.45, 2.75) is 103 Å². The van der Waals surface area contributed by atoms with Crippen LogP contribution in [0.2, 0.25) is 0 Å². The maximum absolute atomic E-state index is 11.0. The van der Waals surface area contributed by atoms with E-state index >= 15 is 0 Å². The molecule has 0 aromatic carbocycles. The first kappa shape index (κ1) is 21.9. The third-order valence-corrected chi connectivity index (χ3v) is 4.53. The molecule has 0 spiro atoms. The summed E-state index contributed by atoms with van der Waals surface area (Å²) in [6.07, 6.45) is 18.5. The summed E-state index contributed by atoms with van der Waals surface area (Å²) in [7, 11) is 0. The Morgan fingerprint density at radius 2 is 0.913 bits per heavy atom. The number of hydrogen-bond acceptors (Lipinski definition) is 2. The van der Waals surface area contributed by atoms with Gasteiger partial charge >= 0.3 is 0 Å². The highest BCUT2D eigenvalue weighted by Crippen LogP contribution is 2.14. The predicted molar refractivity (Wildman–Crippen MR) is 96.8 cm³/mol. The molecule has 4 N–H and O–H groups in total. The van der Waals surface area contributed by atoms with E-state index in [1.54, 1.807) is 0 Å². The molecule has 0 aliphatic heterocycles. The molecule has 0 heterocycles. The first-order valence-corrected chi connectivity index (χ1v) is 9.68. The molecule has 0 bridgehead atoms. The van der Waals surface area contributed by atoms with E-state index in [2.05, 4.69) is 6.92 Å². The van der Waals surface area contributed by atoms with E-state index in [-0.39, 0.29) is 0 Å². The Balaban J connectivity index is 3.24. The minimum Gasteiger partial charge on any atom is -0.369 e. The molecule has 2 amide bonds. The summed E-state index contributed by atoms with van der Waals surface area (Å²) >= 11 is 0. The maximum Gasteiger partial charge on any atom is 0.229 e. The second-order valence-electron chi connectivity index (χ2n) is 6.74. The first-order chi connectivity index (χ1) is 11.1. The normalized spacial score (nSPS) is 11.0.